The molecule has 1 atom stereocenters. The molecule has 0 aromatic heterocycles. The van der Waals surface area contributed by atoms with Crippen LogP contribution in [0.4, 0.5) is 11.4 Å². The molecule has 0 aliphatic carbocycles. The molecule has 0 spiro atoms. The second kappa shape index (κ2) is 9.99. The van der Waals surface area contributed by atoms with Gasteiger partial charge >= 0.3 is 0 Å². The van der Waals surface area contributed by atoms with Gasteiger partial charge in [0.15, 0.2) is 0 Å². The third-order valence-corrected chi connectivity index (χ3v) is 7.36. The van der Waals surface area contributed by atoms with Crippen LogP contribution in [0.5, 0.6) is 0 Å². The van der Waals surface area contributed by atoms with Crippen molar-refractivity contribution < 1.29 is 18.0 Å². The van der Waals surface area contributed by atoms with E-state index in [1.54, 1.807) is 36.4 Å². The monoisotopic (exact) mass is 483 g/mol. The third kappa shape index (κ3) is 6.43. The van der Waals surface area contributed by atoms with Crippen LogP contribution in [0.25, 0.3) is 0 Å². The Balaban J connectivity index is 1.63. The normalized spacial score (nSPS) is 17.2. The average Bonchev–Trinajstić information content (AvgIpc) is 2.71. The van der Waals surface area contributed by atoms with E-state index in [1.807, 2.05) is 0 Å². The molecule has 0 saturated carbocycles. The summed E-state index contributed by atoms with van der Waals surface area (Å²) in [5, 5.41) is 6.21. The summed E-state index contributed by atoms with van der Waals surface area (Å²) in [6, 6.07) is 11.4. The molecular formula is C21H23Cl2N3O4S. The topological polar surface area (TPSA) is 95.6 Å². The number of benzene rings is 2. The first-order valence-corrected chi connectivity index (χ1v) is 12.1. The number of anilines is 2. The number of amides is 2. The molecule has 1 saturated heterocycles. The Bertz CT molecular complexity index is 1070. The maximum atomic E-state index is 12.9. The van der Waals surface area contributed by atoms with Gasteiger partial charge in [-0.15, -0.1) is 0 Å². The molecule has 2 amide bonds. The highest BCUT2D eigenvalue weighted by Crippen LogP contribution is 2.27. The number of carbonyl (C=O) groups is 2. The smallest absolute Gasteiger partial charge is 0.228 e. The van der Waals surface area contributed by atoms with E-state index in [2.05, 4.69) is 10.6 Å². The van der Waals surface area contributed by atoms with Crippen LogP contribution in [-0.2, 0) is 25.4 Å². The van der Waals surface area contributed by atoms with Crippen LogP contribution >= 0.6 is 23.2 Å². The van der Waals surface area contributed by atoms with Gasteiger partial charge in [0.1, 0.15) is 0 Å². The lowest BCUT2D eigenvalue weighted by molar-refractivity contribution is -0.121. The van der Waals surface area contributed by atoms with Gasteiger partial charge in [0.25, 0.3) is 0 Å². The first-order valence-electron chi connectivity index (χ1n) is 9.74. The highest BCUT2D eigenvalue weighted by atomic mass is 35.5. The second-order valence-corrected chi connectivity index (χ2v) is 10.2. The van der Waals surface area contributed by atoms with Gasteiger partial charge in [-0.1, -0.05) is 29.3 Å². The van der Waals surface area contributed by atoms with Gasteiger partial charge in [-0.2, -0.15) is 0 Å². The van der Waals surface area contributed by atoms with Crippen molar-refractivity contribution in [2.45, 2.75) is 25.5 Å². The number of hydrogen-bond donors (Lipinski definition) is 2. The van der Waals surface area contributed by atoms with Crippen LogP contribution in [0.1, 0.15) is 25.3 Å². The van der Waals surface area contributed by atoms with E-state index < -0.39 is 15.9 Å². The SMILES string of the molecule is CC(=O)Nc1ccc(NC(=O)[C@@H]2CCCN(S(=O)(=O)Cc3ccc(Cl)cc3Cl)C2)cc1. The maximum Gasteiger partial charge on any atom is 0.228 e. The zero-order valence-corrected chi connectivity index (χ0v) is 19.2. The summed E-state index contributed by atoms with van der Waals surface area (Å²) in [5.74, 6) is -1.13. The van der Waals surface area contributed by atoms with Gasteiger partial charge < -0.3 is 10.6 Å². The summed E-state index contributed by atoms with van der Waals surface area (Å²) < 4.78 is 27.2. The predicted octanol–water partition coefficient (Wildman–Crippen LogP) is 4.13. The zero-order valence-electron chi connectivity index (χ0n) is 16.9. The number of nitrogens with zero attached hydrogens (tertiary/aromatic N) is 1. The van der Waals surface area contributed by atoms with Crippen molar-refractivity contribution in [3.8, 4) is 0 Å². The van der Waals surface area contributed by atoms with Crippen molar-refractivity contribution in [2.75, 3.05) is 23.7 Å². The molecule has 7 nitrogen and oxygen atoms in total. The van der Waals surface area contributed by atoms with Crippen molar-refractivity contribution >= 4 is 56.4 Å². The van der Waals surface area contributed by atoms with Crippen molar-refractivity contribution in [1.29, 1.82) is 0 Å². The van der Waals surface area contributed by atoms with Gasteiger partial charge in [-0.3, -0.25) is 9.59 Å². The summed E-state index contributed by atoms with van der Waals surface area (Å²) in [5.41, 5.74) is 1.67. The predicted molar refractivity (Wildman–Crippen MR) is 123 cm³/mol. The molecule has 1 heterocycles. The Morgan fingerprint density at radius 3 is 2.32 bits per heavy atom. The van der Waals surface area contributed by atoms with Crippen LogP contribution in [0.2, 0.25) is 10.0 Å². The van der Waals surface area contributed by atoms with Gasteiger partial charge in [0.2, 0.25) is 21.8 Å². The van der Waals surface area contributed by atoms with E-state index in [9.17, 15) is 18.0 Å². The lowest BCUT2D eigenvalue weighted by Gasteiger charge is -2.31. The second-order valence-electron chi connectivity index (χ2n) is 7.44. The molecule has 1 aliphatic rings. The average molecular weight is 484 g/mol. The number of hydrogen-bond acceptors (Lipinski definition) is 4. The fourth-order valence-electron chi connectivity index (χ4n) is 3.42. The minimum atomic E-state index is -3.64. The molecule has 2 aromatic rings. The van der Waals surface area contributed by atoms with Gasteiger partial charge in [-0.25, -0.2) is 12.7 Å². The van der Waals surface area contributed by atoms with Crippen LogP contribution < -0.4 is 10.6 Å². The Morgan fingerprint density at radius 1 is 1.06 bits per heavy atom. The van der Waals surface area contributed by atoms with Crippen molar-refractivity contribution in [3.05, 3.63) is 58.1 Å². The first-order chi connectivity index (χ1) is 14.6. The molecule has 3 rings (SSSR count). The molecule has 0 unspecified atom stereocenters. The van der Waals surface area contributed by atoms with E-state index >= 15 is 0 Å². The van der Waals surface area contributed by atoms with Gasteiger partial charge in [0, 0.05) is 41.4 Å². The van der Waals surface area contributed by atoms with E-state index in [0.29, 0.717) is 46.4 Å². The van der Waals surface area contributed by atoms with Crippen molar-refractivity contribution in [1.82, 2.24) is 4.31 Å². The Kier molecular flexibility index (Phi) is 7.59. The Morgan fingerprint density at radius 2 is 1.71 bits per heavy atom. The number of halogens is 2. The number of piperidine rings is 1. The zero-order chi connectivity index (χ0) is 22.6. The summed E-state index contributed by atoms with van der Waals surface area (Å²) in [7, 11) is -3.64. The standard InChI is InChI=1S/C21H23Cl2N3O4S/c1-14(27)24-18-6-8-19(9-7-18)25-21(28)15-3-2-10-26(12-15)31(29,30)13-16-4-5-17(22)11-20(16)23/h4-9,11,15H,2-3,10,12-13H2,1H3,(H,24,27)(H,25,28)/t15-/m1/s1. The molecule has 0 bridgehead atoms. The minimum absolute atomic E-state index is 0.114. The summed E-state index contributed by atoms with van der Waals surface area (Å²) in [6.45, 7) is 1.89. The van der Waals surface area contributed by atoms with Crippen LogP contribution in [-0.4, -0.2) is 37.6 Å². The van der Waals surface area contributed by atoms with Gasteiger partial charge in [-0.05, 0) is 54.8 Å². The van der Waals surface area contributed by atoms with E-state index in [0.717, 1.165) is 0 Å². The molecule has 10 heteroatoms. The van der Waals surface area contributed by atoms with Crippen LogP contribution in [0, 0.1) is 5.92 Å². The Labute approximate surface area is 191 Å². The highest BCUT2D eigenvalue weighted by molar-refractivity contribution is 7.88. The van der Waals surface area contributed by atoms with Gasteiger partial charge in [0.05, 0.1) is 11.7 Å². The largest absolute Gasteiger partial charge is 0.326 e. The molecule has 31 heavy (non-hydrogen) atoms. The highest BCUT2D eigenvalue weighted by Gasteiger charge is 2.32. The van der Waals surface area contributed by atoms with Crippen molar-refractivity contribution in [2.24, 2.45) is 5.92 Å². The van der Waals surface area contributed by atoms with Crippen LogP contribution in [0.3, 0.4) is 0 Å². The molecule has 2 N–H and O–H groups in total. The number of sulfonamides is 1. The summed E-state index contributed by atoms with van der Waals surface area (Å²) >= 11 is 12.0. The number of rotatable bonds is 6. The Hall–Kier alpha value is -2.13. The first kappa shape index (κ1) is 23.5. The lowest BCUT2D eigenvalue weighted by atomic mass is 9.98. The number of nitrogens with one attached hydrogen (secondary N) is 2. The molecule has 2 aromatic carbocycles. The lowest BCUT2D eigenvalue weighted by Crippen LogP contribution is -2.44. The van der Waals surface area contributed by atoms with E-state index in [1.165, 1.54) is 17.3 Å². The fourth-order valence-corrected chi connectivity index (χ4v) is 5.62. The molecule has 166 valence electrons. The number of carbonyl (C=O) groups excluding carboxylic acids is 2. The van der Waals surface area contributed by atoms with Crippen LogP contribution in [0.15, 0.2) is 42.5 Å². The summed E-state index contributed by atoms with van der Waals surface area (Å²) in [4.78, 5) is 23.8. The maximum absolute atomic E-state index is 12.9. The third-order valence-electron chi connectivity index (χ3n) is 4.97. The molecule has 0 radical (unpaired) electrons. The molecule has 1 fully saturated rings. The van der Waals surface area contributed by atoms with E-state index in [-0.39, 0.29) is 24.1 Å². The van der Waals surface area contributed by atoms with Crippen molar-refractivity contribution in [3.63, 3.8) is 0 Å². The quantitative estimate of drug-likeness (QED) is 0.645. The van der Waals surface area contributed by atoms with E-state index in [4.69, 9.17) is 23.2 Å². The fraction of sp³-hybridized carbons (Fsp3) is 0.333. The molecular weight excluding hydrogens is 461 g/mol. The minimum Gasteiger partial charge on any atom is -0.326 e. The summed E-state index contributed by atoms with van der Waals surface area (Å²) in [6.07, 6.45) is 1.19. The molecule has 1 aliphatic heterocycles.